The molecule has 2 amide bonds. The molecule has 1 aromatic carbocycles. The van der Waals surface area contributed by atoms with Crippen molar-refractivity contribution in [1.29, 1.82) is 0 Å². The molecule has 2 aromatic rings. The maximum atomic E-state index is 13.1. The SMILES string of the molecule is CC(C)N(C)S(=O)(=O)c1cccc(C(=O)N2CCCC(C(=O)Nc3ccc(Cl)cn3)C2)c1. The van der Waals surface area contributed by atoms with Gasteiger partial charge in [-0.15, -0.1) is 0 Å². The average molecular weight is 479 g/mol. The van der Waals surface area contributed by atoms with Crippen LogP contribution in [0.3, 0.4) is 0 Å². The number of amides is 2. The lowest BCUT2D eigenvalue weighted by atomic mass is 9.96. The molecule has 1 atom stereocenters. The molecule has 0 radical (unpaired) electrons. The van der Waals surface area contributed by atoms with Gasteiger partial charge < -0.3 is 10.2 Å². The number of carbonyl (C=O) groups is 2. The topological polar surface area (TPSA) is 99.7 Å². The number of sulfonamides is 1. The van der Waals surface area contributed by atoms with Crippen LogP contribution in [0.4, 0.5) is 5.82 Å². The molecule has 10 heteroatoms. The van der Waals surface area contributed by atoms with Crippen molar-refractivity contribution < 1.29 is 18.0 Å². The Morgan fingerprint density at radius 2 is 2.00 bits per heavy atom. The van der Waals surface area contributed by atoms with Crippen LogP contribution in [0.25, 0.3) is 0 Å². The molecular weight excluding hydrogens is 452 g/mol. The second-order valence-electron chi connectivity index (χ2n) is 8.08. The first-order valence-corrected chi connectivity index (χ1v) is 12.2. The lowest BCUT2D eigenvalue weighted by Crippen LogP contribution is -2.43. The Balaban J connectivity index is 1.72. The van der Waals surface area contributed by atoms with Gasteiger partial charge in [0, 0.05) is 37.9 Å². The third kappa shape index (κ3) is 5.46. The van der Waals surface area contributed by atoms with Gasteiger partial charge in [0.1, 0.15) is 5.82 Å². The maximum Gasteiger partial charge on any atom is 0.253 e. The molecule has 1 aromatic heterocycles. The maximum absolute atomic E-state index is 13.1. The average Bonchev–Trinajstić information content (AvgIpc) is 2.79. The van der Waals surface area contributed by atoms with Gasteiger partial charge in [-0.25, -0.2) is 13.4 Å². The van der Waals surface area contributed by atoms with E-state index in [1.807, 2.05) is 0 Å². The van der Waals surface area contributed by atoms with E-state index in [0.29, 0.717) is 30.2 Å². The third-order valence-corrected chi connectivity index (χ3v) is 7.80. The van der Waals surface area contributed by atoms with E-state index in [9.17, 15) is 18.0 Å². The lowest BCUT2D eigenvalue weighted by Gasteiger charge is -2.32. The molecule has 1 aliphatic rings. The van der Waals surface area contributed by atoms with Gasteiger partial charge in [0.2, 0.25) is 15.9 Å². The van der Waals surface area contributed by atoms with Crippen LogP contribution in [0.1, 0.15) is 37.0 Å². The minimum Gasteiger partial charge on any atom is -0.338 e. The molecule has 172 valence electrons. The predicted octanol–water partition coefficient (Wildman–Crippen LogP) is 3.25. The Kier molecular flexibility index (Phi) is 7.53. The molecule has 1 unspecified atom stereocenters. The molecule has 3 rings (SSSR count). The highest BCUT2D eigenvalue weighted by molar-refractivity contribution is 7.89. The van der Waals surface area contributed by atoms with Crippen LogP contribution < -0.4 is 5.32 Å². The van der Waals surface area contributed by atoms with Crippen LogP contribution in [-0.2, 0) is 14.8 Å². The van der Waals surface area contributed by atoms with Gasteiger partial charge >= 0.3 is 0 Å². The van der Waals surface area contributed by atoms with Gasteiger partial charge in [0.25, 0.3) is 5.91 Å². The summed E-state index contributed by atoms with van der Waals surface area (Å²) in [4.78, 5) is 31.5. The normalized spacial score (nSPS) is 16.9. The third-order valence-electron chi connectivity index (χ3n) is 5.54. The van der Waals surface area contributed by atoms with Gasteiger partial charge in [0.15, 0.2) is 0 Å². The highest BCUT2D eigenvalue weighted by Gasteiger charge is 2.30. The number of hydrogen-bond donors (Lipinski definition) is 1. The van der Waals surface area contributed by atoms with Crippen LogP contribution in [0, 0.1) is 5.92 Å². The second-order valence-corrected chi connectivity index (χ2v) is 10.5. The Bertz CT molecular complexity index is 1090. The van der Waals surface area contributed by atoms with E-state index < -0.39 is 10.0 Å². The smallest absolute Gasteiger partial charge is 0.253 e. The zero-order chi connectivity index (χ0) is 23.5. The predicted molar refractivity (Wildman–Crippen MR) is 123 cm³/mol. The van der Waals surface area contributed by atoms with Crippen molar-refractivity contribution >= 4 is 39.3 Å². The zero-order valence-electron chi connectivity index (χ0n) is 18.3. The van der Waals surface area contributed by atoms with Gasteiger partial charge in [-0.1, -0.05) is 17.7 Å². The fourth-order valence-corrected chi connectivity index (χ4v) is 5.00. The number of nitrogens with zero attached hydrogens (tertiary/aromatic N) is 3. The van der Waals surface area contributed by atoms with Crippen molar-refractivity contribution in [2.24, 2.45) is 5.92 Å². The van der Waals surface area contributed by atoms with Crippen molar-refractivity contribution in [2.45, 2.75) is 37.6 Å². The molecule has 0 saturated carbocycles. The van der Waals surface area contributed by atoms with E-state index in [1.165, 1.54) is 29.7 Å². The van der Waals surface area contributed by atoms with Gasteiger partial charge in [-0.05, 0) is 57.0 Å². The number of carbonyl (C=O) groups excluding carboxylic acids is 2. The number of halogens is 1. The molecule has 0 bridgehead atoms. The number of pyridine rings is 1. The van der Waals surface area contributed by atoms with Crippen molar-refractivity contribution in [1.82, 2.24) is 14.2 Å². The Labute approximate surface area is 193 Å². The minimum atomic E-state index is -3.70. The number of rotatable bonds is 6. The molecular formula is C22H27ClN4O4S. The summed E-state index contributed by atoms with van der Waals surface area (Å²) < 4.78 is 26.9. The highest BCUT2D eigenvalue weighted by Crippen LogP contribution is 2.23. The largest absolute Gasteiger partial charge is 0.338 e. The molecule has 1 saturated heterocycles. The van der Waals surface area contributed by atoms with Crippen LogP contribution in [0.15, 0.2) is 47.5 Å². The highest BCUT2D eigenvalue weighted by atomic mass is 35.5. The van der Waals surface area contributed by atoms with E-state index in [4.69, 9.17) is 11.6 Å². The lowest BCUT2D eigenvalue weighted by molar-refractivity contribution is -0.121. The number of likely N-dealkylation sites (tertiary alicyclic amines) is 1. The van der Waals surface area contributed by atoms with E-state index in [2.05, 4.69) is 10.3 Å². The van der Waals surface area contributed by atoms with Crippen LogP contribution in [0.2, 0.25) is 5.02 Å². The van der Waals surface area contributed by atoms with Crippen molar-refractivity contribution in [2.75, 3.05) is 25.5 Å². The van der Waals surface area contributed by atoms with Crippen LogP contribution in [0.5, 0.6) is 0 Å². The molecule has 2 heterocycles. The van der Waals surface area contributed by atoms with Gasteiger partial charge in [-0.3, -0.25) is 9.59 Å². The van der Waals surface area contributed by atoms with E-state index in [1.54, 1.807) is 43.0 Å². The van der Waals surface area contributed by atoms with Gasteiger partial charge in [0.05, 0.1) is 15.8 Å². The fraction of sp³-hybridized carbons (Fsp3) is 0.409. The van der Waals surface area contributed by atoms with E-state index in [-0.39, 0.29) is 40.8 Å². The monoisotopic (exact) mass is 478 g/mol. The van der Waals surface area contributed by atoms with Crippen molar-refractivity contribution in [3.05, 3.63) is 53.2 Å². The first-order valence-electron chi connectivity index (χ1n) is 10.4. The number of nitrogens with one attached hydrogen (secondary N) is 1. The summed E-state index contributed by atoms with van der Waals surface area (Å²) in [6, 6.07) is 9.09. The molecule has 8 nitrogen and oxygen atoms in total. The molecule has 1 N–H and O–H groups in total. The second kappa shape index (κ2) is 9.97. The first kappa shape index (κ1) is 24.2. The number of hydrogen-bond acceptors (Lipinski definition) is 5. The Morgan fingerprint density at radius 1 is 1.25 bits per heavy atom. The van der Waals surface area contributed by atoms with Crippen molar-refractivity contribution in [3.63, 3.8) is 0 Å². The molecule has 1 fully saturated rings. The summed E-state index contributed by atoms with van der Waals surface area (Å²) in [6.45, 7) is 4.32. The number of anilines is 1. The standard InChI is InChI=1S/C22H27ClN4O4S/c1-15(2)26(3)32(30,31)19-8-4-6-16(12-19)22(29)27-11-5-7-17(14-27)21(28)25-20-10-9-18(23)13-24-20/h4,6,8-10,12-13,15,17H,5,7,11,14H2,1-3H3,(H,24,25,28). The van der Waals surface area contributed by atoms with Crippen LogP contribution >= 0.6 is 11.6 Å². The zero-order valence-corrected chi connectivity index (χ0v) is 19.9. The summed E-state index contributed by atoms with van der Waals surface area (Å²) in [5.41, 5.74) is 0.281. The fourth-order valence-electron chi connectivity index (χ4n) is 3.47. The molecule has 0 aliphatic carbocycles. The summed E-state index contributed by atoms with van der Waals surface area (Å²) in [5.74, 6) is -0.497. The summed E-state index contributed by atoms with van der Waals surface area (Å²) in [5, 5.41) is 3.23. The molecule has 0 spiro atoms. The van der Waals surface area contributed by atoms with Gasteiger partial charge in [-0.2, -0.15) is 4.31 Å². The number of benzene rings is 1. The summed E-state index contributed by atoms with van der Waals surface area (Å²) in [6.07, 6.45) is 2.77. The number of piperidine rings is 1. The summed E-state index contributed by atoms with van der Waals surface area (Å²) in [7, 11) is -2.19. The Morgan fingerprint density at radius 3 is 2.66 bits per heavy atom. The van der Waals surface area contributed by atoms with E-state index >= 15 is 0 Å². The quantitative estimate of drug-likeness (QED) is 0.686. The summed E-state index contributed by atoms with van der Waals surface area (Å²) >= 11 is 5.82. The molecule has 32 heavy (non-hydrogen) atoms. The number of aromatic nitrogens is 1. The van der Waals surface area contributed by atoms with Crippen molar-refractivity contribution in [3.8, 4) is 0 Å². The first-order chi connectivity index (χ1) is 15.1. The van der Waals surface area contributed by atoms with Crippen LogP contribution in [-0.4, -0.2) is 60.6 Å². The minimum absolute atomic E-state index is 0.0691. The van der Waals surface area contributed by atoms with E-state index in [0.717, 1.165) is 0 Å². The Hall–Kier alpha value is -2.49. The molecule has 1 aliphatic heterocycles.